The van der Waals surface area contributed by atoms with Gasteiger partial charge in [0.05, 0.1) is 0 Å². The van der Waals surface area contributed by atoms with E-state index in [0.29, 0.717) is 23.5 Å². The Kier molecular flexibility index (Phi) is 5.53. The smallest absolute Gasteiger partial charge is 0.323 e. The van der Waals surface area contributed by atoms with Crippen LogP contribution in [0.2, 0.25) is 0 Å². The van der Waals surface area contributed by atoms with Crippen molar-refractivity contribution in [2.24, 2.45) is 0 Å². The summed E-state index contributed by atoms with van der Waals surface area (Å²) in [7, 11) is 0. The summed E-state index contributed by atoms with van der Waals surface area (Å²) in [6.45, 7) is 6.21. The number of carbonyl (C=O) groups is 2. The Morgan fingerprint density at radius 2 is 1.88 bits per heavy atom. The summed E-state index contributed by atoms with van der Waals surface area (Å²) in [6.07, 6.45) is 0. The number of anilines is 2. The third-order valence-electron chi connectivity index (χ3n) is 4.53. The molecule has 2 aromatic rings. The number of piperazine rings is 1. The highest BCUT2D eigenvalue weighted by molar-refractivity contribution is 6.02. The molecule has 6 heteroatoms. The Hall–Kier alpha value is -2.86. The van der Waals surface area contributed by atoms with Crippen molar-refractivity contribution < 1.29 is 9.59 Å². The lowest BCUT2D eigenvalue weighted by atomic mass is 10.1. The second kappa shape index (κ2) is 8.01. The van der Waals surface area contributed by atoms with E-state index in [1.807, 2.05) is 61.2 Å². The molecular formula is C20H24N4O2. The van der Waals surface area contributed by atoms with Crippen molar-refractivity contribution in [1.29, 1.82) is 0 Å². The van der Waals surface area contributed by atoms with Crippen LogP contribution < -0.4 is 16.0 Å². The average molecular weight is 352 g/mol. The van der Waals surface area contributed by atoms with Crippen LogP contribution in [0.5, 0.6) is 0 Å². The van der Waals surface area contributed by atoms with Gasteiger partial charge in [0.1, 0.15) is 0 Å². The van der Waals surface area contributed by atoms with Gasteiger partial charge in [0, 0.05) is 42.6 Å². The van der Waals surface area contributed by atoms with Crippen molar-refractivity contribution in [2.45, 2.75) is 19.9 Å². The zero-order valence-electron chi connectivity index (χ0n) is 15.1. The van der Waals surface area contributed by atoms with Gasteiger partial charge in [-0.25, -0.2) is 4.79 Å². The van der Waals surface area contributed by atoms with Gasteiger partial charge >= 0.3 is 6.03 Å². The van der Waals surface area contributed by atoms with Gasteiger partial charge in [-0.05, 0) is 43.7 Å². The van der Waals surface area contributed by atoms with Crippen molar-refractivity contribution in [3.8, 4) is 0 Å². The highest BCUT2D eigenvalue weighted by Gasteiger charge is 2.24. The number of hydrogen-bond acceptors (Lipinski definition) is 3. The standard InChI is InChI=1S/C20H24N4O2/c1-14-8-9-16(19(25)24-11-10-21-13-15(24)2)12-18(14)23-20(26)22-17-6-4-3-5-7-17/h3-9,12,15,21H,10-11,13H2,1-2H3,(H2,22,23,26)/t15-/m0/s1. The Balaban J connectivity index is 1.73. The van der Waals surface area contributed by atoms with Gasteiger partial charge in [0.2, 0.25) is 0 Å². The van der Waals surface area contributed by atoms with Gasteiger partial charge in [-0.2, -0.15) is 0 Å². The predicted octanol–water partition coefficient (Wildman–Crippen LogP) is 3.07. The van der Waals surface area contributed by atoms with Crippen LogP contribution in [-0.2, 0) is 0 Å². The van der Waals surface area contributed by atoms with Gasteiger partial charge < -0.3 is 20.9 Å². The van der Waals surface area contributed by atoms with Gasteiger partial charge in [-0.1, -0.05) is 24.3 Å². The normalized spacial score (nSPS) is 16.8. The summed E-state index contributed by atoms with van der Waals surface area (Å²) in [5.74, 6) is -0.00878. The molecule has 3 N–H and O–H groups in total. The minimum absolute atomic E-state index is 0.00878. The molecule has 1 aliphatic rings. The van der Waals surface area contributed by atoms with Gasteiger partial charge in [0.25, 0.3) is 5.91 Å². The number of aryl methyl sites for hydroxylation is 1. The first kappa shape index (κ1) is 17.9. The van der Waals surface area contributed by atoms with Crippen molar-refractivity contribution in [1.82, 2.24) is 10.2 Å². The first-order valence-corrected chi connectivity index (χ1v) is 8.80. The maximum Gasteiger partial charge on any atom is 0.323 e. The molecule has 1 saturated heterocycles. The van der Waals surface area contributed by atoms with E-state index in [4.69, 9.17) is 0 Å². The zero-order chi connectivity index (χ0) is 18.5. The second-order valence-electron chi connectivity index (χ2n) is 6.53. The number of nitrogens with one attached hydrogen (secondary N) is 3. The van der Waals surface area contributed by atoms with Crippen LogP contribution in [0.25, 0.3) is 0 Å². The van der Waals surface area contributed by atoms with E-state index in [9.17, 15) is 9.59 Å². The van der Waals surface area contributed by atoms with Crippen molar-refractivity contribution in [3.63, 3.8) is 0 Å². The summed E-state index contributed by atoms with van der Waals surface area (Å²) in [5, 5.41) is 8.90. The molecule has 1 atom stereocenters. The number of nitrogens with zero attached hydrogens (tertiary/aromatic N) is 1. The number of para-hydroxylation sites is 1. The van der Waals surface area contributed by atoms with E-state index in [1.54, 1.807) is 6.07 Å². The van der Waals surface area contributed by atoms with Gasteiger partial charge in [0.15, 0.2) is 0 Å². The van der Waals surface area contributed by atoms with E-state index >= 15 is 0 Å². The van der Waals surface area contributed by atoms with Crippen molar-refractivity contribution >= 4 is 23.3 Å². The minimum Gasteiger partial charge on any atom is -0.333 e. The Labute approximate surface area is 153 Å². The van der Waals surface area contributed by atoms with Crippen LogP contribution in [0.3, 0.4) is 0 Å². The Morgan fingerprint density at radius 3 is 2.62 bits per heavy atom. The van der Waals surface area contributed by atoms with Crippen LogP contribution >= 0.6 is 0 Å². The SMILES string of the molecule is Cc1ccc(C(=O)N2CCNC[C@@H]2C)cc1NC(=O)Nc1ccccc1. The van der Waals surface area contributed by atoms with Crippen LogP contribution in [-0.4, -0.2) is 42.5 Å². The maximum atomic E-state index is 12.8. The molecule has 0 bridgehead atoms. The van der Waals surface area contributed by atoms with E-state index in [-0.39, 0.29) is 18.0 Å². The second-order valence-corrected chi connectivity index (χ2v) is 6.53. The van der Waals surface area contributed by atoms with Crippen LogP contribution in [0, 0.1) is 6.92 Å². The predicted molar refractivity (Wildman–Crippen MR) is 104 cm³/mol. The molecule has 0 aromatic heterocycles. The molecule has 26 heavy (non-hydrogen) atoms. The number of rotatable bonds is 3. The quantitative estimate of drug-likeness (QED) is 0.795. The lowest BCUT2D eigenvalue weighted by Gasteiger charge is -2.34. The summed E-state index contributed by atoms with van der Waals surface area (Å²) in [6, 6.07) is 14.5. The molecule has 1 fully saturated rings. The Morgan fingerprint density at radius 1 is 1.12 bits per heavy atom. The number of urea groups is 1. The molecule has 3 rings (SSSR count). The van der Waals surface area contributed by atoms with Crippen LogP contribution in [0.15, 0.2) is 48.5 Å². The van der Waals surface area contributed by atoms with E-state index in [1.165, 1.54) is 0 Å². The van der Waals surface area contributed by atoms with Crippen LogP contribution in [0.4, 0.5) is 16.2 Å². The third kappa shape index (κ3) is 4.21. The first-order valence-electron chi connectivity index (χ1n) is 8.80. The lowest BCUT2D eigenvalue weighted by molar-refractivity contribution is 0.0656. The molecule has 136 valence electrons. The highest BCUT2D eigenvalue weighted by Crippen LogP contribution is 2.20. The third-order valence-corrected chi connectivity index (χ3v) is 4.53. The molecular weight excluding hydrogens is 328 g/mol. The van der Waals surface area contributed by atoms with E-state index < -0.39 is 0 Å². The van der Waals surface area contributed by atoms with Crippen molar-refractivity contribution in [3.05, 3.63) is 59.7 Å². The fourth-order valence-corrected chi connectivity index (χ4v) is 3.00. The molecule has 0 unspecified atom stereocenters. The molecule has 2 aromatic carbocycles. The summed E-state index contributed by atoms with van der Waals surface area (Å²) < 4.78 is 0. The molecule has 0 spiro atoms. The van der Waals surface area contributed by atoms with E-state index in [2.05, 4.69) is 16.0 Å². The van der Waals surface area contributed by atoms with Gasteiger partial charge in [-0.15, -0.1) is 0 Å². The number of amides is 3. The van der Waals surface area contributed by atoms with E-state index in [0.717, 1.165) is 18.7 Å². The fourth-order valence-electron chi connectivity index (χ4n) is 3.00. The molecule has 0 saturated carbocycles. The molecule has 6 nitrogen and oxygen atoms in total. The summed E-state index contributed by atoms with van der Waals surface area (Å²) in [5.41, 5.74) is 2.83. The summed E-state index contributed by atoms with van der Waals surface area (Å²) >= 11 is 0. The van der Waals surface area contributed by atoms with Crippen LogP contribution in [0.1, 0.15) is 22.8 Å². The number of hydrogen-bond donors (Lipinski definition) is 3. The topological polar surface area (TPSA) is 73.5 Å². The minimum atomic E-state index is -0.334. The zero-order valence-corrected chi connectivity index (χ0v) is 15.1. The highest BCUT2D eigenvalue weighted by atomic mass is 16.2. The van der Waals surface area contributed by atoms with Gasteiger partial charge in [-0.3, -0.25) is 4.79 Å². The average Bonchev–Trinajstić information content (AvgIpc) is 2.64. The number of benzene rings is 2. The fraction of sp³-hybridized carbons (Fsp3) is 0.300. The maximum absolute atomic E-state index is 12.8. The molecule has 3 amide bonds. The molecule has 0 radical (unpaired) electrons. The van der Waals surface area contributed by atoms with Crippen molar-refractivity contribution in [2.75, 3.05) is 30.3 Å². The molecule has 1 heterocycles. The first-order chi connectivity index (χ1) is 12.5. The molecule has 0 aliphatic carbocycles. The molecule has 1 aliphatic heterocycles. The monoisotopic (exact) mass is 352 g/mol. The lowest BCUT2D eigenvalue weighted by Crippen LogP contribution is -2.52. The largest absolute Gasteiger partial charge is 0.333 e. The Bertz CT molecular complexity index is 792. The number of carbonyl (C=O) groups excluding carboxylic acids is 2. The summed E-state index contributed by atoms with van der Waals surface area (Å²) in [4.78, 5) is 26.9.